The number of ether oxygens (including phenoxy) is 1. The summed E-state index contributed by atoms with van der Waals surface area (Å²) in [5.41, 5.74) is 0.334. The molecule has 4 fully saturated rings. The van der Waals surface area contributed by atoms with E-state index in [0.29, 0.717) is 22.6 Å². The summed E-state index contributed by atoms with van der Waals surface area (Å²) in [4.78, 5) is 12.7. The molecule has 5 rings (SSSR count). The predicted octanol–water partition coefficient (Wildman–Crippen LogP) is 4.35. The normalized spacial score (nSPS) is 36.9. The number of carboxylic acid groups (broad SMARTS) is 1. The van der Waals surface area contributed by atoms with Crippen LogP contribution in [-0.4, -0.2) is 17.7 Å². The van der Waals surface area contributed by atoms with E-state index in [-0.39, 0.29) is 0 Å². The molecule has 4 heteroatoms. The van der Waals surface area contributed by atoms with Crippen LogP contribution in [-0.2, 0) is 0 Å². The summed E-state index contributed by atoms with van der Waals surface area (Å²) in [6.07, 6.45) is 8.17. The Balaban J connectivity index is 1.51. The highest BCUT2D eigenvalue weighted by Gasteiger charge is 2.51. The lowest BCUT2D eigenvalue weighted by Gasteiger charge is -2.56. The third-order valence-electron chi connectivity index (χ3n) is 5.71. The number of hydrogen-bond donors (Lipinski definition) is 1. The number of aromatic carboxylic acids is 1. The zero-order valence-electron chi connectivity index (χ0n) is 12.4. The molecule has 4 aliphatic rings. The fourth-order valence-electron chi connectivity index (χ4n) is 5.44. The fourth-order valence-corrected chi connectivity index (χ4v) is 6.24. The topological polar surface area (TPSA) is 46.5 Å². The Morgan fingerprint density at radius 3 is 2.38 bits per heavy atom. The number of aryl methyl sites for hydroxylation is 1. The van der Waals surface area contributed by atoms with E-state index in [2.05, 4.69) is 0 Å². The van der Waals surface area contributed by atoms with Gasteiger partial charge in [0.2, 0.25) is 0 Å². The van der Waals surface area contributed by atoms with Crippen molar-refractivity contribution in [2.45, 2.75) is 45.4 Å². The Kier molecular flexibility index (Phi) is 3.07. The molecule has 0 aliphatic heterocycles. The van der Waals surface area contributed by atoms with Crippen LogP contribution in [0, 0.1) is 30.1 Å². The highest BCUT2D eigenvalue weighted by Crippen LogP contribution is 2.60. The number of thiophene rings is 1. The molecule has 4 saturated carbocycles. The Bertz CT molecular complexity index is 539. The maximum absolute atomic E-state index is 11.3. The summed E-state index contributed by atoms with van der Waals surface area (Å²) >= 11 is 1.31. The van der Waals surface area contributed by atoms with Gasteiger partial charge in [0.15, 0.2) is 4.88 Å². The van der Waals surface area contributed by atoms with Crippen LogP contribution in [0.3, 0.4) is 0 Å². The summed E-state index contributed by atoms with van der Waals surface area (Å²) in [6.45, 7) is 2.65. The van der Waals surface area contributed by atoms with Crippen LogP contribution < -0.4 is 4.74 Å². The van der Waals surface area contributed by atoms with E-state index in [4.69, 9.17) is 4.74 Å². The Labute approximate surface area is 129 Å². The molecule has 0 aromatic carbocycles. The van der Waals surface area contributed by atoms with Crippen LogP contribution in [0.1, 0.15) is 53.1 Å². The van der Waals surface area contributed by atoms with Gasteiger partial charge >= 0.3 is 5.97 Å². The highest BCUT2D eigenvalue weighted by molar-refractivity contribution is 7.14. The predicted molar refractivity (Wildman–Crippen MR) is 82.1 cm³/mol. The van der Waals surface area contributed by atoms with E-state index >= 15 is 0 Å². The first-order chi connectivity index (χ1) is 10.0. The zero-order valence-corrected chi connectivity index (χ0v) is 13.2. The summed E-state index contributed by atoms with van der Waals surface area (Å²) in [7, 11) is 0. The molecule has 0 radical (unpaired) electrons. The third-order valence-corrected chi connectivity index (χ3v) is 6.73. The van der Waals surface area contributed by atoms with Gasteiger partial charge < -0.3 is 9.84 Å². The van der Waals surface area contributed by atoms with Gasteiger partial charge in [-0.3, -0.25) is 0 Å². The van der Waals surface area contributed by atoms with Gasteiger partial charge in [-0.05, 0) is 69.3 Å². The molecular weight excluding hydrogens is 284 g/mol. The van der Waals surface area contributed by atoms with Crippen molar-refractivity contribution in [2.24, 2.45) is 23.2 Å². The average molecular weight is 306 g/mol. The molecule has 0 spiro atoms. The SMILES string of the molecule is Cc1cc(OCC23CC4CC(CC(C4)C2)C3)c(C(=O)O)s1. The average Bonchev–Trinajstić information content (AvgIpc) is 2.76. The van der Waals surface area contributed by atoms with Crippen LogP contribution >= 0.6 is 11.3 Å². The van der Waals surface area contributed by atoms with Gasteiger partial charge in [0.05, 0.1) is 6.61 Å². The quantitative estimate of drug-likeness (QED) is 0.899. The van der Waals surface area contributed by atoms with E-state index < -0.39 is 5.97 Å². The molecule has 4 bridgehead atoms. The van der Waals surface area contributed by atoms with Gasteiger partial charge in [0.1, 0.15) is 5.75 Å². The smallest absolute Gasteiger partial charge is 0.349 e. The van der Waals surface area contributed by atoms with E-state index in [0.717, 1.165) is 22.6 Å². The molecule has 1 N–H and O–H groups in total. The molecule has 114 valence electrons. The van der Waals surface area contributed by atoms with Crippen molar-refractivity contribution in [3.05, 3.63) is 15.8 Å². The van der Waals surface area contributed by atoms with Crippen molar-refractivity contribution in [3.8, 4) is 5.75 Å². The summed E-state index contributed by atoms with van der Waals surface area (Å²) in [5.74, 6) is 2.43. The van der Waals surface area contributed by atoms with E-state index in [1.165, 1.54) is 49.9 Å². The molecule has 0 atom stereocenters. The summed E-state index contributed by atoms with van der Waals surface area (Å²) in [6, 6.07) is 1.88. The van der Waals surface area contributed by atoms with Crippen molar-refractivity contribution >= 4 is 17.3 Å². The minimum absolute atomic E-state index is 0.334. The van der Waals surface area contributed by atoms with Crippen LogP contribution in [0.25, 0.3) is 0 Å². The molecule has 0 unspecified atom stereocenters. The number of carboxylic acids is 1. The third kappa shape index (κ3) is 2.37. The molecular formula is C17H22O3S. The first-order valence-electron chi connectivity index (χ1n) is 7.99. The first-order valence-corrected chi connectivity index (χ1v) is 8.81. The van der Waals surface area contributed by atoms with Gasteiger partial charge in [-0.1, -0.05) is 0 Å². The maximum atomic E-state index is 11.3. The second-order valence-electron chi connectivity index (χ2n) is 7.56. The van der Waals surface area contributed by atoms with Crippen molar-refractivity contribution in [2.75, 3.05) is 6.61 Å². The van der Waals surface area contributed by atoms with Gasteiger partial charge in [-0.2, -0.15) is 0 Å². The summed E-state index contributed by atoms with van der Waals surface area (Å²) < 4.78 is 6.03. The Morgan fingerprint density at radius 1 is 1.29 bits per heavy atom. The fraction of sp³-hybridized carbons (Fsp3) is 0.706. The number of carbonyl (C=O) groups is 1. The molecule has 3 nitrogen and oxygen atoms in total. The minimum atomic E-state index is -0.867. The van der Waals surface area contributed by atoms with Crippen LogP contribution in [0.4, 0.5) is 0 Å². The Hall–Kier alpha value is -1.03. The molecule has 0 saturated heterocycles. The van der Waals surface area contributed by atoms with Gasteiger partial charge in [0, 0.05) is 10.3 Å². The first kappa shape index (κ1) is 13.6. The van der Waals surface area contributed by atoms with Crippen LogP contribution in [0.5, 0.6) is 5.75 Å². The summed E-state index contributed by atoms with van der Waals surface area (Å²) in [5, 5.41) is 9.27. The zero-order chi connectivity index (χ0) is 14.6. The van der Waals surface area contributed by atoms with E-state index in [1.54, 1.807) is 0 Å². The number of rotatable bonds is 4. The molecule has 0 amide bonds. The minimum Gasteiger partial charge on any atom is -0.491 e. The van der Waals surface area contributed by atoms with Crippen molar-refractivity contribution in [3.63, 3.8) is 0 Å². The highest BCUT2D eigenvalue weighted by atomic mass is 32.1. The van der Waals surface area contributed by atoms with Crippen molar-refractivity contribution in [1.29, 1.82) is 0 Å². The number of hydrogen-bond acceptors (Lipinski definition) is 3. The van der Waals surface area contributed by atoms with Crippen LogP contribution in [0.15, 0.2) is 6.07 Å². The molecule has 1 aromatic rings. The Morgan fingerprint density at radius 2 is 1.86 bits per heavy atom. The maximum Gasteiger partial charge on any atom is 0.349 e. The van der Waals surface area contributed by atoms with E-state index in [1.807, 2.05) is 13.0 Å². The van der Waals surface area contributed by atoms with Crippen molar-refractivity contribution in [1.82, 2.24) is 0 Å². The van der Waals surface area contributed by atoms with E-state index in [9.17, 15) is 9.90 Å². The second kappa shape index (κ2) is 4.73. The lowest BCUT2D eigenvalue weighted by Crippen LogP contribution is -2.48. The lowest BCUT2D eigenvalue weighted by atomic mass is 9.50. The van der Waals surface area contributed by atoms with Crippen LogP contribution in [0.2, 0.25) is 0 Å². The van der Waals surface area contributed by atoms with Gasteiger partial charge in [-0.15, -0.1) is 11.3 Å². The molecule has 1 heterocycles. The molecule has 4 aliphatic carbocycles. The van der Waals surface area contributed by atoms with Gasteiger partial charge in [-0.25, -0.2) is 4.79 Å². The second-order valence-corrected chi connectivity index (χ2v) is 8.82. The standard InChI is InChI=1S/C17H22O3S/c1-10-2-14(15(21-10)16(18)19)20-9-17-6-11-3-12(7-17)5-13(4-11)8-17/h2,11-13H,3-9H2,1H3,(H,18,19). The van der Waals surface area contributed by atoms with Gasteiger partial charge in [0.25, 0.3) is 0 Å². The lowest BCUT2D eigenvalue weighted by molar-refractivity contribution is -0.0745. The monoisotopic (exact) mass is 306 g/mol. The molecule has 21 heavy (non-hydrogen) atoms. The van der Waals surface area contributed by atoms with Crippen molar-refractivity contribution < 1.29 is 14.6 Å². The largest absolute Gasteiger partial charge is 0.491 e. The molecule has 1 aromatic heterocycles.